The van der Waals surface area contributed by atoms with Gasteiger partial charge < -0.3 is 14.6 Å². The Morgan fingerprint density at radius 3 is 2.25 bits per heavy atom. The second-order valence-electron chi connectivity index (χ2n) is 3.76. The van der Waals surface area contributed by atoms with Crippen LogP contribution in [0.3, 0.4) is 0 Å². The van der Waals surface area contributed by atoms with Crippen LogP contribution in [-0.4, -0.2) is 12.2 Å². The van der Waals surface area contributed by atoms with Crippen molar-refractivity contribution in [3.05, 3.63) is 42.2 Å². The first kappa shape index (κ1) is 16.1. The van der Waals surface area contributed by atoms with Crippen LogP contribution in [0.15, 0.2) is 42.2 Å². The van der Waals surface area contributed by atoms with Crippen molar-refractivity contribution in [3.63, 3.8) is 0 Å². The number of aromatic hydroxyl groups is 1. The predicted octanol–water partition coefficient (Wildman–Crippen LogP) is 6.24. The summed E-state index contributed by atoms with van der Waals surface area (Å²) in [6, 6.07) is 6.74. The van der Waals surface area contributed by atoms with Gasteiger partial charge in [0, 0.05) is 15.0 Å². The summed E-state index contributed by atoms with van der Waals surface area (Å²) in [5.41, 5.74) is 0. The topological polar surface area (TPSA) is 38.7 Å². The van der Waals surface area contributed by atoms with Crippen molar-refractivity contribution in [2.24, 2.45) is 0 Å². The highest BCUT2D eigenvalue weighted by Gasteiger charge is 2.15. The number of rotatable bonds is 3. The van der Waals surface area contributed by atoms with Gasteiger partial charge in [0.2, 0.25) is 0 Å². The van der Waals surface area contributed by atoms with Crippen LogP contribution in [0.4, 0.5) is 0 Å². The van der Waals surface area contributed by atoms with Crippen molar-refractivity contribution in [1.82, 2.24) is 0 Å². The maximum Gasteiger partial charge on any atom is 0.175 e. The van der Waals surface area contributed by atoms with Crippen LogP contribution < -0.4 is 9.47 Å². The van der Waals surface area contributed by atoms with E-state index < -0.39 is 0 Å². The van der Waals surface area contributed by atoms with E-state index in [4.69, 9.17) is 9.47 Å². The van der Waals surface area contributed by atoms with Crippen molar-refractivity contribution in [2.45, 2.75) is 0 Å². The molecule has 0 fully saturated rings. The van der Waals surface area contributed by atoms with E-state index in [0.29, 0.717) is 26.2 Å². The summed E-state index contributed by atoms with van der Waals surface area (Å²) in [6.07, 6.45) is 0. The fraction of sp³-hybridized carbons (Fsp3) is 0.0769. The lowest BCUT2D eigenvalue weighted by Crippen LogP contribution is -1.93. The van der Waals surface area contributed by atoms with Gasteiger partial charge in [-0.3, -0.25) is 0 Å². The molecule has 0 aliphatic rings. The summed E-state index contributed by atoms with van der Waals surface area (Å²) in [7, 11) is 1.56. The molecule has 0 saturated heterocycles. The molecule has 20 heavy (non-hydrogen) atoms. The Morgan fingerprint density at radius 2 is 1.60 bits per heavy atom. The molecule has 2 aromatic carbocycles. The van der Waals surface area contributed by atoms with Gasteiger partial charge in [0.1, 0.15) is 11.5 Å². The Bertz CT molecular complexity index is 659. The van der Waals surface area contributed by atoms with E-state index in [1.165, 1.54) is 6.07 Å². The van der Waals surface area contributed by atoms with E-state index in [1.807, 2.05) is 6.07 Å². The summed E-state index contributed by atoms with van der Waals surface area (Å²) in [5.74, 6) is 1.66. The Labute approximate surface area is 149 Å². The summed E-state index contributed by atoms with van der Waals surface area (Å²) < 4.78 is 14.2. The lowest BCUT2D eigenvalue weighted by molar-refractivity contribution is 0.374. The van der Waals surface area contributed by atoms with Crippen LogP contribution in [0.5, 0.6) is 23.0 Å². The molecule has 2 rings (SSSR count). The van der Waals surface area contributed by atoms with Crippen LogP contribution >= 0.6 is 63.7 Å². The molecule has 0 amide bonds. The fourth-order valence-corrected chi connectivity index (χ4v) is 3.64. The van der Waals surface area contributed by atoms with Gasteiger partial charge in [-0.2, -0.15) is 0 Å². The van der Waals surface area contributed by atoms with Gasteiger partial charge in [-0.05, 0) is 66.0 Å². The minimum Gasteiger partial charge on any atom is -0.508 e. The van der Waals surface area contributed by atoms with Crippen LogP contribution in [0.2, 0.25) is 0 Å². The molecule has 1 N–H and O–H groups in total. The smallest absolute Gasteiger partial charge is 0.175 e. The number of phenolic OH excluding ortho intramolecular Hbond substituents is 1. The highest BCUT2D eigenvalue weighted by Crippen LogP contribution is 2.44. The van der Waals surface area contributed by atoms with Gasteiger partial charge in [-0.1, -0.05) is 15.9 Å². The van der Waals surface area contributed by atoms with Crippen molar-refractivity contribution in [1.29, 1.82) is 0 Å². The molecule has 0 bridgehead atoms. The standard InChI is InChI=1S/C13H8Br4O3/c1-19-13-9(16)2-6(14)3-11(13)20-10-5-7(18)4-8(15)12(10)17/h2-5,18H,1H3. The molecular formula is C13H8Br4O3. The average molecular weight is 532 g/mol. The minimum atomic E-state index is 0.100. The third-order valence-corrected chi connectivity index (χ3v) is 5.40. The number of phenols is 1. The molecule has 0 aliphatic carbocycles. The van der Waals surface area contributed by atoms with Crippen LogP contribution in [0.25, 0.3) is 0 Å². The van der Waals surface area contributed by atoms with Gasteiger partial charge in [0.15, 0.2) is 11.5 Å². The molecule has 106 valence electrons. The van der Waals surface area contributed by atoms with Crippen LogP contribution in [0, 0.1) is 0 Å². The first-order valence-electron chi connectivity index (χ1n) is 5.31. The molecule has 0 saturated carbocycles. The summed E-state index contributed by atoms with van der Waals surface area (Å²) >= 11 is 13.6. The van der Waals surface area contributed by atoms with Gasteiger partial charge in [0.05, 0.1) is 16.1 Å². The van der Waals surface area contributed by atoms with E-state index in [0.717, 1.165) is 8.95 Å². The minimum absolute atomic E-state index is 0.100. The second-order valence-corrected chi connectivity index (χ2v) is 7.18. The number of benzene rings is 2. The fourth-order valence-electron chi connectivity index (χ4n) is 1.55. The SMILES string of the molecule is COc1c(Br)cc(Br)cc1Oc1cc(O)cc(Br)c1Br. The number of hydrogen-bond acceptors (Lipinski definition) is 3. The van der Waals surface area contributed by atoms with Crippen LogP contribution in [0.1, 0.15) is 0 Å². The van der Waals surface area contributed by atoms with E-state index >= 15 is 0 Å². The van der Waals surface area contributed by atoms with E-state index in [-0.39, 0.29) is 5.75 Å². The van der Waals surface area contributed by atoms with Gasteiger partial charge in [-0.15, -0.1) is 0 Å². The van der Waals surface area contributed by atoms with Gasteiger partial charge >= 0.3 is 0 Å². The molecule has 0 aliphatic heterocycles. The number of hydrogen-bond donors (Lipinski definition) is 1. The van der Waals surface area contributed by atoms with Gasteiger partial charge in [0.25, 0.3) is 0 Å². The maximum absolute atomic E-state index is 9.65. The highest BCUT2D eigenvalue weighted by atomic mass is 79.9. The molecule has 3 nitrogen and oxygen atoms in total. The Balaban J connectivity index is 2.50. The predicted molar refractivity (Wildman–Crippen MR) is 92.0 cm³/mol. The van der Waals surface area contributed by atoms with Crippen LogP contribution in [-0.2, 0) is 0 Å². The molecule has 2 aromatic rings. The monoisotopic (exact) mass is 528 g/mol. The molecule has 0 unspecified atom stereocenters. The molecule has 0 spiro atoms. The van der Waals surface area contributed by atoms with E-state index in [9.17, 15) is 5.11 Å². The first-order valence-corrected chi connectivity index (χ1v) is 8.48. The maximum atomic E-state index is 9.65. The molecular weight excluding hydrogens is 524 g/mol. The van der Waals surface area contributed by atoms with E-state index in [2.05, 4.69) is 63.7 Å². The molecule has 0 aromatic heterocycles. The van der Waals surface area contributed by atoms with Crippen molar-refractivity contribution >= 4 is 63.7 Å². The summed E-state index contributed by atoms with van der Waals surface area (Å²) in [6.45, 7) is 0. The zero-order chi connectivity index (χ0) is 14.9. The summed E-state index contributed by atoms with van der Waals surface area (Å²) in [4.78, 5) is 0. The quantitative estimate of drug-likeness (QED) is 0.509. The number of methoxy groups -OCH3 is 1. The lowest BCUT2D eigenvalue weighted by atomic mass is 10.3. The highest BCUT2D eigenvalue weighted by molar-refractivity contribution is 9.13. The van der Waals surface area contributed by atoms with Crippen molar-refractivity contribution in [2.75, 3.05) is 7.11 Å². The molecule has 0 atom stereocenters. The number of halogens is 4. The van der Waals surface area contributed by atoms with E-state index in [1.54, 1.807) is 19.2 Å². The number of ether oxygens (including phenoxy) is 2. The second kappa shape index (κ2) is 6.68. The average Bonchev–Trinajstić information content (AvgIpc) is 2.35. The van der Waals surface area contributed by atoms with Crippen molar-refractivity contribution in [3.8, 4) is 23.0 Å². The normalized spacial score (nSPS) is 10.4. The Kier molecular flexibility index (Phi) is 5.39. The zero-order valence-corrected chi connectivity index (χ0v) is 16.4. The Morgan fingerprint density at radius 1 is 0.900 bits per heavy atom. The van der Waals surface area contributed by atoms with Crippen molar-refractivity contribution < 1.29 is 14.6 Å². The Hall–Kier alpha value is -0.240. The summed E-state index contributed by atoms with van der Waals surface area (Å²) in [5, 5.41) is 9.65. The third kappa shape index (κ3) is 3.50. The third-order valence-electron chi connectivity index (χ3n) is 2.38. The lowest BCUT2D eigenvalue weighted by Gasteiger charge is -2.14. The first-order chi connectivity index (χ1) is 9.42. The van der Waals surface area contributed by atoms with Gasteiger partial charge in [-0.25, -0.2) is 0 Å². The molecule has 7 heteroatoms. The molecule has 0 radical (unpaired) electrons. The largest absolute Gasteiger partial charge is 0.508 e. The zero-order valence-electron chi connectivity index (χ0n) is 10.1. The molecule has 0 heterocycles.